The molecule has 7 nitrogen and oxygen atoms in total. The SMILES string of the molecule is CNc1nc(NC2CCN(C)CC2)nc(OC(C)C)n1. The van der Waals surface area contributed by atoms with E-state index in [9.17, 15) is 0 Å². The lowest BCUT2D eigenvalue weighted by atomic mass is 10.1. The van der Waals surface area contributed by atoms with Crippen molar-refractivity contribution in [1.29, 1.82) is 0 Å². The van der Waals surface area contributed by atoms with E-state index in [2.05, 4.69) is 37.5 Å². The lowest BCUT2D eigenvalue weighted by Gasteiger charge is -2.29. The van der Waals surface area contributed by atoms with Gasteiger partial charge in [-0.05, 0) is 46.8 Å². The first-order valence-corrected chi connectivity index (χ1v) is 7.12. The second-order valence-electron chi connectivity index (χ2n) is 5.40. The lowest BCUT2D eigenvalue weighted by molar-refractivity contribution is 0.222. The van der Waals surface area contributed by atoms with Crippen LogP contribution < -0.4 is 15.4 Å². The highest BCUT2D eigenvalue weighted by molar-refractivity contribution is 5.36. The third-order valence-electron chi connectivity index (χ3n) is 3.23. The molecule has 1 aliphatic heterocycles. The molecule has 20 heavy (non-hydrogen) atoms. The van der Waals surface area contributed by atoms with Crippen LogP contribution in [-0.4, -0.2) is 59.2 Å². The van der Waals surface area contributed by atoms with Crippen molar-refractivity contribution in [2.45, 2.75) is 38.8 Å². The number of hydrogen-bond acceptors (Lipinski definition) is 7. The molecule has 7 heteroatoms. The van der Waals surface area contributed by atoms with Crippen LogP contribution in [0.4, 0.5) is 11.9 Å². The summed E-state index contributed by atoms with van der Waals surface area (Å²) in [6, 6.07) is 0.764. The van der Waals surface area contributed by atoms with E-state index in [0.29, 0.717) is 23.9 Å². The number of nitrogens with zero attached hydrogens (tertiary/aromatic N) is 4. The van der Waals surface area contributed by atoms with Crippen LogP contribution >= 0.6 is 0 Å². The van der Waals surface area contributed by atoms with Gasteiger partial charge in [-0.2, -0.15) is 15.0 Å². The van der Waals surface area contributed by atoms with E-state index in [1.54, 1.807) is 7.05 Å². The van der Waals surface area contributed by atoms with Crippen LogP contribution in [0.2, 0.25) is 0 Å². The maximum Gasteiger partial charge on any atom is 0.323 e. The van der Waals surface area contributed by atoms with E-state index in [1.807, 2.05) is 13.8 Å². The number of likely N-dealkylation sites (tertiary alicyclic amines) is 1. The summed E-state index contributed by atoms with van der Waals surface area (Å²) in [4.78, 5) is 15.2. The Morgan fingerprint density at radius 2 is 1.80 bits per heavy atom. The summed E-state index contributed by atoms with van der Waals surface area (Å²) in [7, 11) is 3.93. The standard InChI is InChI=1S/C13H24N6O/c1-9(2)20-13-17-11(14-3)16-12(18-13)15-10-5-7-19(4)8-6-10/h9-10H,5-8H2,1-4H3,(H2,14,15,16,17,18). The highest BCUT2D eigenvalue weighted by atomic mass is 16.5. The van der Waals surface area contributed by atoms with E-state index >= 15 is 0 Å². The minimum atomic E-state index is 0.0401. The second kappa shape index (κ2) is 6.69. The zero-order valence-corrected chi connectivity index (χ0v) is 12.7. The number of hydrogen-bond donors (Lipinski definition) is 2. The molecular weight excluding hydrogens is 256 g/mol. The summed E-state index contributed by atoms with van der Waals surface area (Å²) in [5.41, 5.74) is 0. The van der Waals surface area contributed by atoms with Crippen LogP contribution in [0.5, 0.6) is 6.01 Å². The van der Waals surface area contributed by atoms with Gasteiger partial charge >= 0.3 is 6.01 Å². The molecule has 0 unspecified atom stereocenters. The van der Waals surface area contributed by atoms with Gasteiger partial charge in [0, 0.05) is 13.1 Å². The Labute approximate surface area is 120 Å². The summed E-state index contributed by atoms with van der Waals surface area (Å²) in [6.07, 6.45) is 2.23. The maximum absolute atomic E-state index is 5.55. The predicted octanol–water partition coefficient (Wildman–Crippen LogP) is 1.21. The fraction of sp³-hybridized carbons (Fsp3) is 0.769. The summed E-state index contributed by atoms with van der Waals surface area (Å²) in [5, 5.41) is 6.32. The average molecular weight is 280 g/mol. The average Bonchev–Trinajstić information content (AvgIpc) is 2.40. The Kier molecular flexibility index (Phi) is 4.94. The van der Waals surface area contributed by atoms with Crippen LogP contribution in [0.3, 0.4) is 0 Å². The number of aromatic nitrogens is 3. The van der Waals surface area contributed by atoms with Gasteiger partial charge in [-0.1, -0.05) is 0 Å². The van der Waals surface area contributed by atoms with Crippen LogP contribution in [0, 0.1) is 0 Å². The summed E-state index contributed by atoms with van der Waals surface area (Å²) >= 11 is 0. The van der Waals surface area contributed by atoms with E-state index in [-0.39, 0.29) is 6.10 Å². The van der Waals surface area contributed by atoms with Crippen molar-refractivity contribution in [2.24, 2.45) is 0 Å². The molecule has 0 bridgehead atoms. The minimum Gasteiger partial charge on any atom is -0.461 e. The van der Waals surface area contributed by atoms with Gasteiger partial charge in [0.1, 0.15) is 0 Å². The first-order valence-electron chi connectivity index (χ1n) is 7.12. The number of nitrogens with one attached hydrogen (secondary N) is 2. The topological polar surface area (TPSA) is 75.2 Å². The van der Waals surface area contributed by atoms with Gasteiger partial charge in [-0.3, -0.25) is 0 Å². The van der Waals surface area contributed by atoms with Crippen LogP contribution in [0.1, 0.15) is 26.7 Å². The van der Waals surface area contributed by atoms with Crippen molar-refractivity contribution in [3.8, 4) is 6.01 Å². The van der Waals surface area contributed by atoms with E-state index in [0.717, 1.165) is 25.9 Å². The van der Waals surface area contributed by atoms with Crippen molar-refractivity contribution in [3.63, 3.8) is 0 Å². The molecule has 2 heterocycles. The van der Waals surface area contributed by atoms with Gasteiger partial charge in [-0.25, -0.2) is 0 Å². The van der Waals surface area contributed by atoms with Crippen LogP contribution in [0.15, 0.2) is 0 Å². The van der Waals surface area contributed by atoms with Crippen molar-refractivity contribution in [2.75, 3.05) is 37.8 Å². The molecule has 0 aromatic carbocycles. The second-order valence-corrected chi connectivity index (χ2v) is 5.40. The molecule has 1 aromatic rings. The van der Waals surface area contributed by atoms with Crippen molar-refractivity contribution in [3.05, 3.63) is 0 Å². The largest absolute Gasteiger partial charge is 0.461 e. The molecule has 0 radical (unpaired) electrons. The minimum absolute atomic E-state index is 0.0401. The normalized spacial score (nSPS) is 17.2. The molecule has 0 aliphatic carbocycles. The summed E-state index contributed by atoms with van der Waals surface area (Å²) < 4.78 is 5.55. The molecule has 0 atom stereocenters. The maximum atomic E-state index is 5.55. The summed E-state index contributed by atoms with van der Waals surface area (Å²) in [5.74, 6) is 1.10. The molecule has 0 saturated carbocycles. The highest BCUT2D eigenvalue weighted by Crippen LogP contribution is 2.16. The van der Waals surface area contributed by atoms with Gasteiger partial charge in [-0.15, -0.1) is 0 Å². The third kappa shape index (κ3) is 4.19. The predicted molar refractivity (Wildman–Crippen MR) is 79.3 cm³/mol. The number of piperidine rings is 1. The van der Waals surface area contributed by atoms with Gasteiger partial charge in [0.2, 0.25) is 11.9 Å². The fourth-order valence-electron chi connectivity index (χ4n) is 2.13. The highest BCUT2D eigenvalue weighted by Gasteiger charge is 2.18. The zero-order valence-electron chi connectivity index (χ0n) is 12.7. The first-order chi connectivity index (χ1) is 9.56. The van der Waals surface area contributed by atoms with Crippen molar-refractivity contribution >= 4 is 11.9 Å². The molecule has 2 N–H and O–H groups in total. The van der Waals surface area contributed by atoms with Gasteiger partial charge in [0.25, 0.3) is 0 Å². The Morgan fingerprint density at radius 3 is 2.40 bits per heavy atom. The smallest absolute Gasteiger partial charge is 0.323 e. The lowest BCUT2D eigenvalue weighted by Crippen LogP contribution is -2.37. The van der Waals surface area contributed by atoms with E-state index in [1.165, 1.54) is 0 Å². The van der Waals surface area contributed by atoms with Gasteiger partial charge < -0.3 is 20.3 Å². The molecule has 0 spiro atoms. The molecule has 1 aromatic heterocycles. The van der Waals surface area contributed by atoms with Gasteiger partial charge in [0.15, 0.2) is 0 Å². The first kappa shape index (κ1) is 14.8. The molecule has 1 aliphatic rings. The summed E-state index contributed by atoms with van der Waals surface area (Å²) in [6.45, 7) is 6.09. The number of rotatable bonds is 5. The van der Waals surface area contributed by atoms with Crippen LogP contribution in [-0.2, 0) is 0 Å². The Balaban J connectivity index is 2.06. The molecule has 1 saturated heterocycles. The van der Waals surface area contributed by atoms with Crippen LogP contribution in [0.25, 0.3) is 0 Å². The van der Waals surface area contributed by atoms with E-state index in [4.69, 9.17) is 4.74 Å². The monoisotopic (exact) mass is 280 g/mol. The Bertz CT molecular complexity index is 431. The fourth-order valence-corrected chi connectivity index (χ4v) is 2.13. The molecule has 1 fully saturated rings. The number of ether oxygens (including phenoxy) is 1. The molecule has 2 rings (SSSR count). The quantitative estimate of drug-likeness (QED) is 0.839. The zero-order chi connectivity index (χ0) is 14.5. The Morgan fingerprint density at radius 1 is 1.15 bits per heavy atom. The molecular formula is C13H24N6O. The molecule has 0 amide bonds. The molecule has 112 valence electrons. The Hall–Kier alpha value is -1.63. The van der Waals surface area contributed by atoms with E-state index < -0.39 is 0 Å². The van der Waals surface area contributed by atoms with Crippen molar-refractivity contribution < 1.29 is 4.74 Å². The number of anilines is 2. The van der Waals surface area contributed by atoms with Crippen molar-refractivity contribution in [1.82, 2.24) is 19.9 Å². The van der Waals surface area contributed by atoms with Gasteiger partial charge in [0.05, 0.1) is 6.10 Å². The third-order valence-corrected chi connectivity index (χ3v) is 3.23.